The minimum atomic E-state index is -0.510. The van der Waals surface area contributed by atoms with Gasteiger partial charge in [-0.15, -0.1) is 0 Å². The Hall–Kier alpha value is -1.97. The van der Waals surface area contributed by atoms with Crippen LogP contribution >= 0.6 is 0 Å². The summed E-state index contributed by atoms with van der Waals surface area (Å²) in [5.41, 5.74) is 1.59. The normalized spacial score (nSPS) is 10.3. The SMILES string of the molecule is Cn1cncc1-c1ccc(C=O)c(F)c1. The summed E-state index contributed by atoms with van der Waals surface area (Å²) in [6.07, 6.45) is 3.79. The first-order valence-corrected chi connectivity index (χ1v) is 4.44. The van der Waals surface area contributed by atoms with Crippen molar-refractivity contribution in [1.29, 1.82) is 0 Å². The van der Waals surface area contributed by atoms with Gasteiger partial charge in [0.25, 0.3) is 0 Å². The molecule has 0 aliphatic heterocycles. The van der Waals surface area contributed by atoms with Crippen LogP contribution in [0.25, 0.3) is 11.3 Å². The van der Waals surface area contributed by atoms with Crippen LogP contribution in [0.2, 0.25) is 0 Å². The van der Waals surface area contributed by atoms with Gasteiger partial charge in [0.05, 0.1) is 23.8 Å². The molecule has 2 aromatic rings. The van der Waals surface area contributed by atoms with E-state index in [1.165, 1.54) is 12.1 Å². The number of nitrogens with zero attached hydrogens (tertiary/aromatic N) is 2. The van der Waals surface area contributed by atoms with Crippen molar-refractivity contribution in [1.82, 2.24) is 9.55 Å². The lowest BCUT2D eigenvalue weighted by Crippen LogP contribution is -1.92. The number of benzene rings is 1. The number of halogens is 1. The van der Waals surface area contributed by atoms with Crippen LogP contribution < -0.4 is 0 Å². The zero-order valence-corrected chi connectivity index (χ0v) is 8.14. The van der Waals surface area contributed by atoms with Crippen LogP contribution in [0.5, 0.6) is 0 Å². The molecule has 0 bridgehead atoms. The van der Waals surface area contributed by atoms with Crippen molar-refractivity contribution >= 4 is 6.29 Å². The maximum atomic E-state index is 13.3. The molecule has 1 heterocycles. The van der Waals surface area contributed by atoms with Crippen LogP contribution in [-0.4, -0.2) is 15.8 Å². The van der Waals surface area contributed by atoms with E-state index in [0.29, 0.717) is 11.8 Å². The maximum Gasteiger partial charge on any atom is 0.152 e. The smallest absolute Gasteiger partial charge is 0.152 e. The van der Waals surface area contributed by atoms with Crippen LogP contribution in [-0.2, 0) is 7.05 Å². The molecule has 0 spiro atoms. The fourth-order valence-corrected chi connectivity index (χ4v) is 1.42. The second kappa shape index (κ2) is 3.65. The van der Waals surface area contributed by atoms with Gasteiger partial charge < -0.3 is 4.57 Å². The van der Waals surface area contributed by atoms with Crippen LogP contribution in [0.15, 0.2) is 30.7 Å². The first-order chi connectivity index (χ1) is 7.22. The number of rotatable bonds is 2. The number of aryl methyl sites for hydroxylation is 1. The van der Waals surface area contributed by atoms with Crippen molar-refractivity contribution in [3.05, 3.63) is 42.1 Å². The van der Waals surface area contributed by atoms with Gasteiger partial charge in [-0.2, -0.15) is 0 Å². The number of imidazole rings is 1. The third-order valence-corrected chi connectivity index (χ3v) is 2.24. The third-order valence-electron chi connectivity index (χ3n) is 2.24. The van der Waals surface area contributed by atoms with E-state index < -0.39 is 5.82 Å². The first kappa shape index (κ1) is 9.58. The number of hydrogen-bond donors (Lipinski definition) is 0. The second-order valence-electron chi connectivity index (χ2n) is 3.24. The van der Waals surface area contributed by atoms with Crippen molar-refractivity contribution in [3.8, 4) is 11.3 Å². The van der Waals surface area contributed by atoms with Gasteiger partial charge in [-0.05, 0) is 12.1 Å². The molecule has 1 aromatic carbocycles. The summed E-state index contributed by atoms with van der Waals surface area (Å²) in [5.74, 6) is -0.510. The first-order valence-electron chi connectivity index (χ1n) is 4.44. The van der Waals surface area contributed by atoms with Crippen molar-refractivity contribution in [2.24, 2.45) is 7.05 Å². The van der Waals surface area contributed by atoms with Gasteiger partial charge in [-0.25, -0.2) is 9.37 Å². The number of aldehydes is 1. The molecule has 0 atom stereocenters. The Kier molecular flexibility index (Phi) is 2.33. The van der Waals surface area contributed by atoms with Crippen LogP contribution in [0.1, 0.15) is 10.4 Å². The molecule has 15 heavy (non-hydrogen) atoms. The van der Waals surface area contributed by atoms with Crippen LogP contribution in [0.3, 0.4) is 0 Å². The molecule has 2 rings (SSSR count). The Morgan fingerprint density at radius 3 is 2.80 bits per heavy atom. The standard InChI is InChI=1S/C11H9FN2O/c1-14-7-13-5-11(14)8-2-3-9(6-15)10(12)4-8/h2-7H,1H3. The summed E-state index contributed by atoms with van der Waals surface area (Å²) < 4.78 is 15.1. The number of carbonyl (C=O) groups excluding carboxylic acids is 1. The van der Waals surface area contributed by atoms with Crippen molar-refractivity contribution < 1.29 is 9.18 Å². The number of aromatic nitrogens is 2. The lowest BCUT2D eigenvalue weighted by Gasteiger charge is -2.03. The predicted octanol–water partition coefficient (Wildman–Crippen LogP) is 2.04. The minimum Gasteiger partial charge on any atom is -0.334 e. The van der Waals surface area contributed by atoms with Gasteiger partial charge in [-0.3, -0.25) is 4.79 Å². The molecule has 1 aromatic heterocycles. The molecule has 3 nitrogen and oxygen atoms in total. The van der Waals surface area contributed by atoms with Crippen LogP contribution in [0, 0.1) is 5.82 Å². The lowest BCUT2D eigenvalue weighted by atomic mass is 10.1. The van der Waals surface area contributed by atoms with Gasteiger partial charge in [0, 0.05) is 12.6 Å². The molecule has 4 heteroatoms. The van der Waals surface area contributed by atoms with E-state index in [4.69, 9.17) is 0 Å². The molecule has 0 fully saturated rings. The van der Waals surface area contributed by atoms with Crippen molar-refractivity contribution in [2.75, 3.05) is 0 Å². The highest BCUT2D eigenvalue weighted by Gasteiger charge is 2.06. The van der Waals surface area contributed by atoms with Crippen molar-refractivity contribution in [2.45, 2.75) is 0 Å². The summed E-state index contributed by atoms with van der Waals surface area (Å²) in [7, 11) is 1.83. The number of carbonyl (C=O) groups is 1. The third kappa shape index (κ3) is 1.66. The molecular formula is C11H9FN2O. The highest BCUT2D eigenvalue weighted by Crippen LogP contribution is 2.20. The quantitative estimate of drug-likeness (QED) is 0.701. The summed E-state index contributed by atoms with van der Waals surface area (Å²) in [4.78, 5) is 14.4. The Bertz CT molecular complexity index is 505. The van der Waals surface area contributed by atoms with E-state index in [0.717, 1.165) is 5.69 Å². The molecular weight excluding hydrogens is 195 g/mol. The van der Waals surface area contributed by atoms with E-state index in [1.54, 1.807) is 23.2 Å². The fourth-order valence-electron chi connectivity index (χ4n) is 1.42. The Balaban J connectivity index is 2.52. The molecule has 0 saturated carbocycles. The highest BCUT2D eigenvalue weighted by atomic mass is 19.1. The van der Waals surface area contributed by atoms with Gasteiger partial charge in [0.2, 0.25) is 0 Å². The van der Waals surface area contributed by atoms with Gasteiger partial charge in [0.15, 0.2) is 6.29 Å². The second-order valence-corrected chi connectivity index (χ2v) is 3.24. The van der Waals surface area contributed by atoms with E-state index >= 15 is 0 Å². The molecule has 0 unspecified atom stereocenters. The largest absolute Gasteiger partial charge is 0.334 e. The van der Waals surface area contributed by atoms with Gasteiger partial charge in [-0.1, -0.05) is 6.07 Å². The lowest BCUT2D eigenvalue weighted by molar-refractivity contribution is 0.112. The Morgan fingerprint density at radius 1 is 1.47 bits per heavy atom. The predicted molar refractivity (Wildman–Crippen MR) is 54.0 cm³/mol. The van der Waals surface area contributed by atoms with Gasteiger partial charge >= 0.3 is 0 Å². The zero-order valence-electron chi connectivity index (χ0n) is 8.14. The monoisotopic (exact) mass is 204 g/mol. The van der Waals surface area contributed by atoms with Gasteiger partial charge in [0.1, 0.15) is 5.82 Å². The molecule has 0 saturated heterocycles. The molecule has 0 amide bonds. The molecule has 0 N–H and O–H groups in total. The van der Waals surface area contributed by atoms with Crippen molar-refractivity contribution in [3.63, 3.8) is 0 Å². The average Bonchev–Trinajstić information content (AvgIpc) is 2.64. The van der Waals surface area contributed by atoms with E-state index in [2.05, 4.69) is 4.98 Å². The summed E-state index contributed by atoms with van der Waals surface area (Å²) in [6.45, 7) is 0. The fraction of sp³-hybridized carbons (Fsp3) is 0.0909. The summed E-state index contributed by atoms with van der Waals surface area (Å²) in [6, 6.07) is 4.50. The van der Waals surface area contributed by atoms with E-state index in [1.807, 2.05) is 7.05 Å². The maximum absolute atomic E-state index is 13.3. The van der Waals surface area contributed by atoms with Crippen LogP contribution in [0.4, 0.5) is 4.39 Å². The Labute approximate surface area is 86.2 Å². The topological polar surface area (TPSA) is 34.9 Å². The summed E-state index contributed by atoms with van der Waals surface area (Å²) in [5, 5.41) is 0. The summed E-state index contributed by atoms with van der Waals surface area (Å²) >= 11 is 0. The van der Waals surface area contributed by atoms with E-state index in [9.17, 15) is 9.18 Å². The zero-order chi connectivity index (χ0) is 10.8. The number of hydrogen-bond acceptors (Lipinski definition) is 2. The Morgan fingerprint density at radius 2 is 2.27 bits per heavy atom. The highest BCUT2D eigenvalue weighted by molar-refractivity contribution is 5.77. The molecule has 0 radical (unpaired) electrons. The minimum absolute atomic E-state index is 0.0703. The average molecular weight is 204 g/mol. The van der Waals surface area contributed by atoms with E-state index in [-0.39, 0.29) is 5.56 Å². The molecule has 0 aliphatic carbocycles. The molecule has 0 aliphatic rings. The molecule has 76 valence electrons.